The van der Waals surface area contributed by atoms with Crippen LogP contribution in [0.4, 0.5) is 0 Å². The van der Waals surface area contributed by atoms with E-state index in [0.29, 0.717) is 0 Å². The first-order chi connectivity index (χ1) is 7.28. The maximum absolute atomic E-state index is 5.74. The van der Waals surface area contributed by atoms with E-state index in [0.717, 1.165) is 18.4 Å². The summed E-state index contributed by atoms with van der Waals surface area (Å²) in [5.41, 5.74) is 5.74. The van der Waals surface area contributed by atoms with Gasteiger partial charge in [0.1, 0.15) is 0 Å². The first kappa shape index (κ1) is 11.4. The van der Waals surface area contributed by atoms with Crippen molar-refractivity contribution in [2.75, 3.05) is 46.3 Å². The van der Waals surface area contributed by atoms with Gasteiger partial charge in [-0.1, -0.05) is 0 Å². The Hall–Kier alpha value is -0.120. The molecule has 0 aromatic heterocycles. The molecule has 2 aliphatic heterocycles. The molecule has 88 valence electrons. The van der Waals surface area contributed by atoms with Crippen LogP contribution in [0.25, 0.3) is 0 Å². The lowest BCUT2D eigenvalue weighted by molar-refractivity contribution is 0.100. The van der Waals surface area contributed by atoms with Crippen molar-refractivity contribution in [2.24, 2.45) is 17.6 Å². The van der Waals surface area contributed by atoms with Gasteiger partial charge in [0.15, 0.2) is 0 Å². The Morgan fingerprint density at radius 3 is 2.67 bits per heavy atom. The molecule has 0 radical (unpaired) electrons. The van der Waals surface area contributed by atoms with Gasteiger partial charge >= 0.3 is 0 Å². The Morgan fingerprint density at radius 2 is 2.00 bits per heavy atom. The third-order valence-electron chi connectivity index (χ3n) is 3.93. The predicted molar refractivity (Wildman–Crippen MR) is 63.8 cm³/mol. The smallest absolute Gasteiger partial charge is 0.00217 e. The molecule has 0 aromatic rings. The molecule has 3 nitrogen and oxygen atoms in total. The summed E-state index contributed by atoms with van der Waals surface area (Å²) in [5, 5.41) is 0. The van der Waals surface area contributed by atoms with E-state index in [1.807, 2.05) is 0 Å². The zero-order valence-corrected chi connectivity index (χ0v) is 9.99. The lowest BCUT2D eigenvalue weighted by atomic mass is 9.94. The highest BCUT2D eigenvalue weighted by Crippen LogP contribution is 2.20. The molecule has 2 heterocycles. The normalized spacial score (nSPS) is 30.4. The maximum atomic E-state index is 5.74. The highest BCUT2D eigenvalue weighted by Gasteiger charge is 2.24. The van der Waals surface area contributed by atoms with E-state index in [1.54, 1.807) is 0 Å². The van der Waals surface area contributed by atoms with Crippen molar-refractivity contribution < 1.29 is 0 Å². The highest BCUT2D eigenvalue weighted by atomic mass is 15.2. The molecular formula is C12H25N3. The van der Waals surface area contributed by atoms with E-state index in [-0.39, 0.29) is 0 Å². The summed E-state index contributed by atoms with van der Waals surface area (Å²) < 4.78 is 0. The lowest BCUT2D eigenvalue weighted by Crippen LogP contribution is -2.46. The Labute approximate surface area is 93.6 Å². The van der Waals surface area contributed by atoms with Gasteiger partial charge in [0, 0.05) is 19.6 Å². The fraction of sp³-hybridized carbons (Fsp3) is 1.00. The second-order valence-corrected chi connectivity index (χ2v) is 5.42. The number of hydrogen-bond donors (Lipinski definition) is 1. The average Bonchev–Trinajstić information content (AvgIpc) is 2.23. The summed E-state index contributed by atoms with van der Waals surface area (Å²) >= 11 is 0. The predicted octanol–water partition coefficient (Wildman–Crippen LogP) is 0.609. The van der Waals surface area contributed by atoms with Gasteiger partial charge in [0.25, 0.3) is 0 Å². The van der Waals surface area contributed by atoms with Crippen LogP contribution in [0, 0.1) is 11.8 Å². The minimum atomic E-state index is 0.766. The highest BCUT2D eigenvalue weighted by molar-refractivity contribution is 4.79. The van der Waals surface area contributed by atoms with Crippen molar-refractivity contribution in [3.05, 3.63) is 0 Å². The van der Waals surface area contributed by atoms with Crippen LogP contribution in [-0.2, 0) is 0 Å². The van der Waals surface area contributed by atoms with E-state index >= 15 is 0 Å². The Kier molecular flexibility index (Phi) is 4.00. The topological polar surface area (TPSA) is 32.5 Å². The number of piperidine rings is 1. The molecule has 1 atom stereocenters. The fourth-order valence-corrected chi connectivity index (χ4v) is 2.92. The van der Waals surface area contributed by atoms with Crippen LogP contribution < -0.4 is 5.73 Å². The van der Waals surface area contributed by atoms with Crippen molar-refractivity contribution in [3.63, 3.8) is 0 Å². The second kappa shape index (κ2) is 5.28. The number of nitrogens with two attached hydrogens (primary N) is 1. The molecule has 1 unspecified atom stereocenters. The van der Waals surface area contributed by atoms with Gasteiger partial charge in [0.05, 0.1) is 0 Å². The van der Waals surface area contributed by atoms with Gasteiger partial charge in [-0.3, -0.25) is 0 Å². The van der Waals surface area contributed by atoms with Crippen LogP contribution in [0.3, 0.4) is 0 Å². The lowest BCUT2D eigenvalue weighted by Gasteiger charge is -2.39. The van der Waals surface area contributed by atoms with Gasteiger partial charge in [0.2, 0.25) is 0 Å². The van der Waals surface area contributed by atoms with Crippen LogP contribution in [0.15, 0.2) is 0 Å². The van der Waals surface area contributed by atoms with Gasteiger partial charge in [-0.2, -0.15) is 0 Å². The summed E-state index contributed by atoms with van der Waals surface area (Å²) in [6.45, 7) is 7.36. The van der Waals surface area contributed by atoms with E-state index < -0.39 is 0 Å². The third-order valence-corrected chi connectivity index (χ3v) is 3.93. The quantitative estimate of drug-likeness (QED) is 0.739. The molecule has 0 aliphatic carbocycles. The van der Waals surface area contributed by atoms with Crippen LogP contribution in [0.2, 0.25) is 0 Å². The molecule has 0 spiro atoms. The van der Waals surface area contributed by atoms with E-state index in [4.69, 9.17) is 5.73 Å². The SMILES string of the molecule is CN1CC(CCN2CCCC(CN)C2)C1. The fourth-order valence-electron chi connectivity index (χ4n) is 2.92. The first-order valence-corrected chi connectivity index (χ1v) is 6.39. The Balaban J connectivity index is 1.62. The van der Waals surface area contributed by atoms with Gasteiger partial charge in [-0.25, -0.2) is 0 Å². The molecular weight excluding hydrogens is 186 g/mol. The number of rotatable bonds is 4. The molecule has 0 amide bonds. The molecule has 0 bridgehead atoms. The summed E-state index contributed by atoms with van der Waals surface area (Å²) in [6.07, 6.45) is 4.09. The number of hydrogen-bond acceptors (Lipinski definition) is 3. The van der Waals surface area contributed by atoms with Crippen LogP contribution >= 0.6 is 0 Å². The molecule has 2 fully saturated rings. The summed E-state index contributed by atoms with van der Waals surface area (Å²) in [5.74, 6) is 1.73. The van der Waals surface area contributed by atoms with E-state index in [1.165, 1.54) is 52.0 Å². The van der Waals surface area contributed by atoms with E-state index in [2.05, 4.69) is 16.8 Å². The van der Waals surface area contributed by atoms with E-state index in [9.17, 15) is 0 Å². The second-order valence-electron chi connectivity index (χ2n) is 5.42. The summed E-state index contributed by atoms with van der Waals surface area (Å²) in [6, 6.07) is 0. The summed E-state index contributed by atoms with van der Waals surface area (Å²) in [4.78, 5) is 5.03. The molecule has 2 rings (SSSR count). The third kappa shape index (κ3) is 3.16. The average molecular weight is 211 g/mol. The molecule has 2 saturated heterocycles. The number of nitrogens with zero attached hydrogens (tertiary/aromatic N) is 2. The summed E-state index contributed by atoms with van der Waals surface area (Å²) in [7, 11) is 2.21. The monoisotopic (exact) mass is 211 g/mol. The largest absolute Gasteiger partial charge is 0.330 e. The van der Waals surface area contributed by atoms with Crippen molar-refractivity contribution in [1.29, 1.82) is 0 Å². The molecule has 3 heteroatoms. The minimum absolute atomic E-state index is 0.766. The minimum Gasteiger partial charge on any atom is -0.330 e. The molecule has 2 N–H and O–H groups in total. The first-order valence-electron chi connectivity index (χ1n) is 6.39. The zero-order valence-electron chi connectivity index (χ0n) is 9.99. The Bertz CT molecular complexity index is 189. The number of likely N-dealkylation sites (tertiary alicyclic amines) is 2. The van der Waals surface area contributed by atoms with Gasteiger partial charge in [-0.05, 0) is 57.8 Å². The maximum Gasteiger partial charge on any atom is 0.00217 e. The van der Waals surface area contributed by atoms with Gasteiger partial charge < -0.3 is 15.5 Å². The van der Waals surface area contributed by atoms with Crippen molar-refractivity contribution >= 4 is 0 Å². The molecule has 2 aliphatic rings. The zero-order chi connectivity index (χ0) is 10.7. The van der Waals surface area contributed by atoms with Gasteiger partial charge in [-0.15, -0.1) is 0 Å². The Morgan fingerprint density at radius 1 is 1.20 bits per heavy atom. The van der Waals surface area contributed by atoms with Crippen molar-refractivity contribution in [1.82, 2.24) is 9.80 Å². The van der Waals surface area contributed by atoms with Crippen molar-refractivity contribution in [2.45, 2.75) is 19.3 Å². The van der Waals surface area contributed by atoms with Crippen molar-refractivity contribution in [3.8, 4) is 0 Å². The molecule has 0 aromatic carbocycles. The standard InChI is InChI=1S/C12H25N3/c1-14-8-12(9-14)4-6-15-5-2-3-11(7-13)10-15/h11-12H,2-10,13H2,1H3. The van der Waals surface area contributed by atoms with Crippen LogP contribution in [0.1, 0.15) is 19.3 Å². The molecule has 15 heavy (non-hydrogen) atoms. The molecule has 0 saturated carbocycles. The van der Waals surface area contributed by atoms with Crippen LogP contribution in [0.5, 0.6) is 0 Å². The van der Waals surface area contributed by atoms with Crippen LogP contribution in [-0.4, -0.2) is 56.1 Å².